The molecule has 0 aliphatic rings. The number of carbonyl (C=O) groups excluding carboxylic acids is 1. The molecule has 8 nitrogen and oxygen atoms in total. The highest BCUT2D eigenvalue weighted by atomic mass is 32.2. The predicted molar refractivity (Wildman–Crippen MR) is 62.8 cm³/mol. The summed E-state index contributed by atoms with van der Waals surface area (Å²) < 4.78 is 30.6. The van der Waals surface area contributed by atoms with Crippen LogP contribution in [0.5, 0.6) is 0 Å². The first-order valence-corrected chi connectivity index (χ1v) is 6.44. The van der Waals surface area contributed by atoms with Gasteiger partial charge in [0.15, 0.2) is 0 Å². The Morgan fingerprint density at radius 2 is 2.06 bits per heavy atom. The molecule has 1 amide bonds. The number of amidine groups is 1. The SMILES string of the molecule is CCOC(=O)NS(=O)(=O)N(CC(=N)N)C(C)C. The number of hydrogen-bond acceptors (Lipinski definition) is 5. The summed E-state index contributed by atoms with van der Waals surface area (Å²) in [4.78, 5) is 11.0. The molecular weight excluding hydrogens is 248 g/mol. The lowest BCUT2D eigenvalue weighted by molar-refractivity contribution is 0.158. The smallest absolute Gasteiger partial charge is 0.421 e. The summed E-state index contributed by atoms with van der Waals surface area (Å²) in [5.74, 6) is -0.312. The Balaban J connectivity index is 4.84. The molecule has 4 N–H and O–H groups in total. The highest BCUT2D eigenvalue weighted by molar-refractivity contribution is 7.87. The van der Waals surface area contributed by atoms with Crippen LogP contribution in [0.3, 0.4) is 0 Å². The number of hydrogen-bond donors (Lipinski definition) is 3. The first-order valence-electron chi connectivity index (χ1n) is 5.00. The molecule has 0 rings (SSSR count). The van der Waals surface area contributed by atoms with Crippen molar-refractivity contribution in [2.45, 2.75) is 26.8 Å². The van der Waals surface area contributed by atoms with Crippen molar-refractivity contribution in [2.24, 2.45) is 5.73 Å². The fourth-order valence-electron chi connectivity index (χ4n) is 1.04. The lowest BCUT2D eigenvalue weighted by Gasteiger charge is -2.24. The average Bonchev–Trinajstić information content (AvgIpc) is 2.12. The van der Waals surface area contributed by atoms with Gasteiger partial charge in [-0.25, -0.2) is 9.52 Å². The normalized spacial score (nSPS) is 11.6. The maximum atomic E-state index is 11.8. The number of rotatable bonds is 6. The van der Waals surface area contributed by atoms with Gasteiger partial charge in [0.1, 0.15) is 5.84 Å². The van der Waals surface area contributed by atoms with Gasteiger partial charge >= 0.3 is 16.3 Å². The van der Waals surface area contributed by atoms with Crippen LogP contribution in [0.15, 0.2) is 0 Å². The quantitative estimate of drug-likeness (QED) is 0.446. The van der Waals surface area contributed by atoms with Gasteiger partial charge < -0.3 is 10.5 Å². The summed E-state index contributed by atoms with van der Waals surface area (Å²) in [6.07, 6.45) is -1.05. The molecule has 100 valence electrons. The molecule has 0 aliphatic heterocycles. The fourth-order valence-corrected chi connectivity index (χ4v) is 2.29. The summed E-state index contributed by atoms with van der Waals surface area (Å²) in [6.45, 7) is 4.55. The minimum absolute atomic E-state index is 0.0652. The van der Waals surface area contributed by atoms with Gasteiger partial charge in [0.25, 0.3) is 0 Å². The second kappa shape index (κ2) is 6.40. The van der Waals surface area contributed by atoms with Gasteiger partial charge in [-0.3, -0.25) is 5.41 Å². The standard InChI is InChI=1S/C8H18N4O4S/c1-4-16-8(13)11-17(14,15)12(6(2)3)5-7(9)10/h6H,4-5H2,1-3H3,(H3,9,10)(H,11,13). The molecule has 0 bridgehead atoms. The molecule has 0 aromatic rings. The summed E-state index contributed by atoms with van der Waals surface area (Å²) in [5.41, 5.74) is 5.15. The van der Waals surface area contributed by atoms with Gasteiger partial charge in [-0.1, -0.05) is 0 Å². The lowest BCUT2D eigenvalue weighted by Crippen LogP contribution is -2.49. The van der Waals surface area contributed by atoms with E-state index < -0.39 is 22.3 Å². The third kappa shape index (κ3) is 5.50. The molecule has 0 aromatic heterocycles. The summed E-state index contributed by atoms with van der Waals surface area (Å²) in [6, 6.07) is -0.439. The Labute approximate surface area is 101 Å². The zero-order valence-corrected chi connectivity index (χ0v) is 10.9. The molecule has 0 saturated carbocycles. The van der Waals surface area contributed by atoms with Gasteiger partial charge in [-0.15, -0.1) is 0 Å². The van der Waals surface area contributed by atoms with Crippen molar-refractivity contribution < 1.29 is 17.9 Å². The van der Waals surface area contributed by atoms with Crippen molar-refractivity contribution >= 4 is 22.1 Å². The molecule has 0 heterocycles. The number of amides is 1. The molecule has 0 spiro atoms. The van der Waals surface area contributed by atoms with Crippen molar-refractivity contribution in [1.29, 1.82) is 5.41 Å². The second-order valence-electron chi connectivity index (χ2n) is 3.49. The van der Waals surface area contributed by atoms with E-state index in [-0.39, 0.29) is 19.0 Å². The summed E-state index contributed by atoms with van der Waals surface area (Å²) in [7, 11) is -4.05. The van der Waals surface area contributed by atoms with Gasteiger partial charge in [0.2, 0.25) is 0 Å². The van der Waals surface area contributed by atoms with E-state index in [1.165, 1.54) is 0 Å². The molecule has 0 aliphatic carbocycles. The number of nitrogens with one attached hydrogen (secondary N) is 2. The van der Waals surface area contributed by atoms with E-state index in [0.717, 1.165) is 4.31 Å². The molecule has 9 heteroatoms. The van der Waals surface area contributed by atoms with Crippen LogP contribution >= 0.6 is 0 Å². The van der Waals surface area contributed by atoms with E-state index in [4.69, 9.17) is 11.1 Å². The van der Waals surface area contributed by atoms with E-state index in [1.807, 2.05) is 0 Å². The summed E-state index contributed by atoms with van der Waals surface area (Å²) in [5, 5.41) is 7.09. The Morgan fingerprint density at radius 3 is 2.41 bits per heavy atom. The molecule has 17 heavy (non-hydrogen) atoms. The summed E-state index contributed by atoms with van der Waals surface area (Å²) >= 11 is 0. The first kappa shape index (κ1) is 15.7. The van der Waals surface area contributed by atoms with Crippen LogP contribution in [-0.2, 0) is 14.9 Å². The Hall–Kier alpha value is -1.35. The second-order valence-corrected chi connectivity index (χ2v) is 5.12. The number of ether oxygens (including phenoxy) is 1. The molecular formula is C8H18N4O4S. The van der Waals surface area contributed by atoms with Gasteiger partial charge in [-0.2, -0.15) is 12.7 Å². The van der Waals surface area contributed by atoms with E-state index in [0.29, 0.717) is 0 Å². The Kier molecular flexibility index (Phi) is 5.89. The van der Waals surface area contributed by atoms with Gasteiger partial charge in [0, 0.05) is 6.04 Å². The van der Waals surface area contributed by atoms with Gasteiger partial charge in [-0.05, 0) is 20.8 Å². The molecule has 0 atom stereocenters. The monoisotopic (exact) mass is 266 g/mol. The Morgan fingerprint density at radius 1 is 1.53 bits per heavy atom. The number of carbonyl (C=O) groups is 1. The number of nitrogens with zero attached hydrogens (tertiary/aromatic N) is 1. The minimum atomic E-state index is -4.05. The zero-order chi connectivity index (χ0) is 13.6. The molecule has 0 unspecified atom stereocenters. The van der Waals surface area contributed by atoms with Crippen LogP contribution in [0, 0.1) is 5.41 Å². The van der Waals surface area contributed by atoms with Crippen LogP contribution < -0.4 is 10.5 Å². The molecule has 0 fully saturated rings. The van der Waals surface area contributed by atoms with Crippen LogP contribution in [0.2, 0.25) is 0 Å². The molecule has 0 saturated heterocycles. The van der Waals surface area contributed by atoms with Crippen molar-refractivity contribution in [3.05, 3.63) is 0 Å². The fraction of sp³-hybridized carbons (Fsp3) is 0.750. The van der Waals surface area contributed by atoms with Crippen molar-refractivity contribution in [1.82, 2.24) is 9.03 Å². The van der Waals surface area contributed by atoms with E-state index in [9.17, 15) is 13.2 Å². The first-order chi connectivity index (χ1) is 7.70. The van der Waals surface area contributed by atoms with Crippen LogP contribution in [0.25, 0.3) is 0 Å². The van der Waals surface area contributed by atoms with Gasteiger partial charge in [0.05, 0.1) is 13.2 Å². The number of nitrogens with two attached hydrogens (primary N) is 1. The maximum absolute atomic E-state index is 11.8. The van der Waals surface area contributed by atoms with E-state index >= 15 is 0 Å². The third-order valence-corrected chi connectivity index (χ3v) is 3.29. The van der Waals surface area contributed by atoms with Crippen LogP contribution in [0.1, 0.15) is 20.8 Å². The van der Waals surface area contributed by atoms with Crippen molar-refractivity contribution in [2.75, 3.05) is 13.2 Å². The molecule has 0 aromatic carbocycles. The topological polar surface area (TPSA) is 126 Å². The molecule has 0 radical (unpaired) electrons. The Bertz CT molecular complexity index is 379. The maximum Gasteiger partial charge on any atom is 0.421 e. The minimum Gasteiger partial charge on any atom is -0.449 e. The third-order valence-electron chi connectivity index (χ3n) is 1.70. The average molecular weight is 266 g/mol. The van der Waals surface area contributed by atoms with E-state index in [1.54, 1.807) is 25.5 Å². The lowest BCUT2D eigenvalue weighted by atomic mass is 10.4. The highest BCUT2D eigenvalue weighted by Crippen LogP contribution is 2.04. The van der Waals surface area contributed by atoms with E-state index in [2.05, 4.69) is 4.74 Å². The van der Waals surface area contributed by atoms with Crippen molar-refractivity contribution in [3.8, 4) is 0 Å². The zero-order valence-electron chi connectivity index (χ0n) is 10.1. The largest absolute Gasteiger partial charge is 0.449 e. The van der Waals surface area contributed by atoms with Crippen LogP contribution in [-0.4, -0.2) is 43.8 Å². The van der Waals surface area contributed by atoms with Crippen molar-refractivity contribution in [3.63, 3.8) is 0 Å². The highest BCUT2D eigenvalue weighted by Gasteiger charge is 2.27. The van der Waals surface area contributed by atoms with Crippen LogP contribution in [0.4, 0.5) is 4.79 Å². The predicted octanol–water partition coefficient (Wildman–Crippen LogP) is -0.376.